The second-order valence-corrected chi connectivity index (χ2v) is 4.44. The molecule has 13 heavy (non-hydrogen) atoms. The van der Waals surface area contributed by atoms with E-state index in [1.54, 1.807) is 0 Å². The molecule has 3 heteroatoms. The quantitative estimate of drug-likeness (QED) is 0.695. The lowest BCUT2D eigenvalue weighted by Gasteiger charge is -2.23. The molecule has 0 rings (SSSR count). The third-order valence-electron chi connectivity index (χ3n) is 1.94. The number of carbonyl (C=O) groups excluding carboxylic acids is 1. The monoisotopic (exact) mass is 186 g/mol. The summed E-state index contributed by atoms with van der Waals surface area (Å²) in [5.74, 6) is 0.0800. The Labute approximate surface area is 81.1 Å². The molecular formula is C10H22N2O. The van der Waals surface area contributed by atoms with Crippen molar-refractivity contribution < 1.29 is 4.79 Å². The molecule has 78 valence electrons. The summed E-state index contributed by atoms with van der Waals surface area (Å²) in [5.41, 5.74) is 5.22. The molecule has 3 N–H and O–H groups in total. The Balaban J connectivity index is 4.01. The predicted octanol–water partition coefficient (Wildman–Crippen LogP) is 1.28. The van der Waals surface area contributed by atoms with Gasteiger partial charge in [-0.3, -0.25) is 4.79 Å². The van der Waals surface area contributed by atoms with Crippen LogP contribution in [-0.4, -0.2) is 18.5 Å². The molecule has 1 atom stereocenters. The largest absolute Gasteiger partial charge is 0.352 e. The molecule has 1 unspecified atom stereocenters. The molecule has 0 spiro atoms. The first-order valence-corrected chi connectivity index (χ1v) is 4.92. The minimum Gasteiger partial charge on any atom is -0.352 e. The minimum absolute atomic E-state index is 0.0800. The number of amides is 1. The Hall–Kier alpha value is -0.570. The van der Waals surface area contributed by atoms with Gasteiger partial charge >= 0.3 is 0 Å². The maximum Gasteiger partial charge on any atom is 0.225 e. The topological polar surface area (TPSA) is 55.1 Å². The molecule has 3 nitrogen and oxygen atoms in total. The first kappa shape index (κ1) is 12.4. The number of hydrogen-bond acceptors (Lipinski definition) is 2. The van der Waals surface area contributed by atoms with Crippen molar-refractivity contribution in [3.05, 3.63) is 0 Å². The zero-order valence-electron chi connectivity index (χ0n) is 9.18. The van der Waals surface area contributed by atoms with Crippen molar-refractivity contribution in [2.24, 2.45) is 11.1 Å². The van der Waals surface area contributed by atoms with Gasteiger partial charge < -0.3 is 11.1 Å². The number of hydrogen-bond donors (Lipinski definition) is 2. The second kappa shape index (κ2) is 5.22. The number of carbonyl (C=O) groups is 1. The van der Waals surface area contributed by atoms with Crippen LogP contribution in [0.5, 0.6) is 0 Å². The molecule has 1 amide bonds. The molecule has 0 bridgehead atoms. The van der Waals surface area contributed by atoms with Crippen molar-refractivity contribution in [3.63, 3.8) is 0 Å². The normalized spacial score (nSPS) is 13.9. The SMILES string of the molecule is CCCC(CN)NC(=O)C(C)(C)C. The fourth-order valence-corrected chi connectivity index (χ4v) is 0.999. The van der Waals surface area contributed by atoms with Crippen molar-refractivity contribution in [1.82, 2.24) is 5.32 Å². The lowest BCUT2D eigenvalue weighted by molar-refractivity contribution is -0.129. The average molecular weight is 186 g/mol. The fourth-order valence-electron chi connectivity index (χ4n) is 0.999. The van der Waals surface area contributed by atoms with Crippen LogP contribution >= 0.6 is 0 Å². The first-order valence-electron chi connectivity index (χ1n) is 4.92. The zero-order chi connectivity index (χ0) is 10.5. The van der Waals surface area contributed by atoms with Crippen LogP contribution in [0.1, 0.15) is 40.5 Å². The zero-order valence-corrected chi connectivity index (χ0v) is 9.18. The van der Waals surface area contributed by atoms with Crippen LogP contribution < -0.4 is 11.1 Å². The van der Waals surface area contributed by atoms with E-state index in [4.69, 9.17) is 5.73 Å². The highest BCUT2D eigenvalue weighted by Crippen LogP contribution is 2.13. The van der Waals surface area contributed by atoms with Crippen LogP contribution in [-0.2, 0) is 4.79 Å². The molecule has 0 aromatic rings. The molecule has 0 aromatic heterocycles. The van der Waals surface area contributed by atoms with E-state index in [2.05, 4.69) is 12.2 Å². The van der Waals surface area contributed by atoms with Gasteiger partial charge in [-0.2, -0.15) is 0 Å². The van der Waals surface area contributed by atoms with E-state index in [0.717, 1.165) is 12.8 Å². The minimum atomic E-state index is -0.318. The molecule has 0 fully saturated rings. The summed E-state index contributed by atoms with van der Waals surface area (Å²) < 4.78 is 0. The Bertz CT molecular complexity index is 161. The van der Waals surface area contributed by atoms with Crippen molar-refractivity contribution in [2.75, 3.05) is 6.54 Å². The number of nitrogens with two attached hydrogens (primary N) is 1. The third-order valence-corrected chi connectivity index (χ3v) is 1.94. The smallest absolute Gasteiger partial charge is 0.225 e. The van der Waals surface area contributed by atoms with Gasteiger partial charge in [0, 0.05) is 18.0 Å². The molecule has 0 aliphatic heterocycles. The Morgan fingerprint density at radius 1 is 1.46 bits per heavy atom. The van der Waals surface area contributed by atoms with Crippen LogP contribution in [0, 0.1) is 5.41 Å². The Kier molecular flexibility index (Phi) is 4.99. The standard InChI is InChI=1S/C10H22N2O/c1-5-6-8(7-11)12-9(13)10(2,3)4/h8H,5-7,11H2,1-4H3,(H,12,13). The highest BCUT2D eigenvalue weighted by atomic mass is 16.2. The van der Waals surface area contributed by atoms with Gasteiger partial charge in [-0.25, -0.2) is 0 Å². The van der Waals surface area contributed by atoms with Crippen LogP contribution in [0.4, 0.5) is 0 Å². The van der Waals surface area contributed by atoms with E-state index < -0.39 is 0 Å². The van der Waals surface area contributed by atoms with Crippen molar-refractivity contribution in [1.29, 1.82) is 0 Å². The van der Waals surface area contributed by atoms with Gasteiger partial charge in [0.15, 0.2) is 0 Å². The van der Waals surface area contributed by atoms with Gasteiger partial charge in [0.05, 0.1) is 0 Å². The maximum atomic E-state index is 11.5. The summed E-state index contributed by atoms with van der Waals surface area (Å²) in [5, 5.41) is 2.94. The Morgan fingerprint density at radius 2 is 2.00 bits per heavy atom. The number of rotatable bonds is 4. The summed E-state index contributed by atoms with van der Waals surface area (Å²) in [6.07, 6.45) is 2.00. The van der Waals surface area contributed by atoms with E-state index in [1.807, 2.05) is 20.8 Å². The van der Waals surface area contributed by atoms with E-state index in [0.29, 0.717) is 6.54 Å². The van der Waals surface area contributed by atoms with E-state index in [1.165, 1.54) is 0 Å². The van der Waals surface area contributed by atoms with Crippen molar-refractivity contribution in [2.45, 2.75) is 46.6 Å². The molecule has 0 aliphatic rings. The van der Waals surface area contributed by atoms with Gasteiger partial charge in [-0.05, 0) is 6.42 Å². The van der Waals surface area contributed by atoms with Crippen LogP contribution in [0.25, 0.3) is 0 Å². The first-order chi connectivity index (χ1) is 5.91. The van der Waals surface area contributed by atoms with E-state index in [9.17, 15) is 4.79 Å². The van der Waals surface area contributed by atoms with Gasteiger partial charge in [-0.1, -0.05) is 34.1 Å². The van der Waals surface area contributed by atoms with Crippen LogP contribution in [0.15, 0.2) is 0 Å². The lowest BCUT2D eigenvalue weighted by Crippen LogP contribution is -2.45. The van der Waals surface area contributed by atoms with Gasteiger partial charge in [0.25, 0.3) is 0 Å². The predicted molar refractivity (Wildman–Crippen MR) is 55.3 cm³/mol. The molecule has 0 aromatic carbocycles. The highest BCUT2D eigenvalue weighted by Gasteiger charge is 2.22. The van der Waals surface area contributed by atoms with Gasteiger partial charge in [0.2, 0.25) is 5.91 Å². The number of nitrogens with one attached hydrogen (secondary N) is 1. The summed E-state index contributed by atoms with van der Waals surface area (Å²) in [4.78, 5) is 11.5. The maximum absolute atomic E-state index is 11.5. The Morgan fingerprint density at radius 3 is 2.31 bits per heavy atom. The lowest BCUT2D eigenvalue weighted by atomic mass is 9.95. The van der Waals surface area contributed by atoms with E-state index >= 15 is 0 Å². The molecule has 0 saturated carbocycles. The third kappa shape index (κ3) is 4.88. The van der Waals surface area contributed by atoms with Gasteiger partial charge in [0.1, 0.15) is 0 Å². The molecule has 0 saturated heterocycles. The van der Waals surface area contributed by atoms with Crippen molar-refractivity contribution in [3.8, 4) is 0 Å². The summed E-state index contributed by atoms with van der Waals surface area (Å²) in [6, 6.07) is 0.136. The highest BCUT2D eigenvalue weighted by molar-refractivity contribution is 5.81. The van der Waals surface area contributed by atoms with E-state index in [-0.39, 0.29) is 17.4 Å². The average Bonchev–Trinajstić information content (AvgIpc) is 2.01. The molecule has 0 radical (unpaired) electrons. The molecule has 0 heterocycles. The van der Waals surface area contributed by atoms with Crippen LogP contribution in [0.3, 0.4) is 0 Å². The summed E-state index contributed by atoms with van der Waals surface area (Å²) in [7, 11) is 0. The fraction of sp³-hybridized carbons (Fsp3) is 0.900. The van der Waals surface area contributed by atoms with Crippen LogP contribution in [0.2, 0.25) is 0 Å². The molecule has 0 aliphatic carbocycles. The summed E-state index contributed by atoms with van der Waals surface area (Å²) in [6.45, 7) is 8.33. The van der Waals surface area contributed by atoms with Crippen molar-refractivity contribution >= 4 is 5.91 Å². The summed E-state index contributed by atoms with van der Waals surface area (Å²) >= 11 is 0. The molecular weight excluding hydrogens is 164 g/mol. The second-order valence-electron chi connectivity index (χ2n) is 4.44. The van der Waals surface area contributed by atoms with Gasteiger partial charge in [-0.15, -0.1) is 0 Å².